The molecule has 8 heteroatoms. The Morgan fingerprint density at radius 2 is 1.87 bits per heavy atom. The van der Waals surface area contributed by atoms with Gasteiger partial charge in [0.15, 0.2) is 6.61 Å². The Labute approximate surface area is 195 Å². The molecule has 0 bridgehead atoms. The summed E-state index contributed by atoms with van der Waals surface area (Å²) in [5.41, 5.74) is 0.473. The number of carbonyl (C=O) groups is 2. The zero-order valence-electron chi connectivity index (χ0n) is 17.3. The van der Waals surface area contributed by atoms with Crippen molar-refractivity contribution in [1.82, 2.24) is 10.2 Å². The summed E-state index contributed by atoms with van der Waals surface area (Å²) >= 11 is 15.5. The molecule has 0 aromatic heterocycles. The van der Waals surface area contributed by atoms with Crippen molar-refractivity contribution in [2.24, 2.45) is 0 Å². The van der Waals surface area contributed by atoms with Crippen molar-refractivity contribution in [3.63, 3.8) is 0 Å². The van der Waals surface area contributed by atoms with Gasteiger partial charge in [0.1, 0.15) is 11.8 Å². The van der Waals surface area contributed by atoms with E-state index in [1.807, 2.05) is 45.0 Å². The van der Waals surface area contributed by atoms with E-state index in [1.54, 1.807) is 25.1 Å². The minimum Gasteiger partial charge on any atom is -0.482 e. The van der Waals surface area contributed by atoms with E-state index in [0.29, 0.717) is 15.8 Å². The van der Waals surface area contributed by atoms with Gasteiger partial charge in [0.2, 0.25) is 5.91 Å². The van der Waals surface area contributed by atoms with Crippen LogP contribution in [-0.2, 0) is 16.1 Å². The number of nitrogens with zero attached hydrogens (tertiary/aromatic N) is 1. The van der Waals surface area contributed by atoms with E-state index in [4.69, 9.17) is 27.9 Å². The molecule has 0 spiro atoms. The predicted molar refractivity (Wildman–Crippen MR) is 124 cm³/mol. The zero-order valence-corrected chi connectivity index (χ0v) is 20.4. The summed E-state index contributed by atoms with van der Waals surface area (Å²) in [6.45, 7) is 7.38. The highest BCUT2D eigenvalue weighted by Gasteiger charge is 2.28. The van der Waals surface area contributed by atoms with Gasteiger partial charge in [0.05, 0.1) is 5.02 Å². The largest absolute Gasteiger partial charge is 0.482 e. The second-order valence-electron chi connectivity index (χ2n) is 7.93. The molecule has 0 aliphatic rings. The lowest BCUT2D eigenvalue weighted by molar-refractivity contribution is -0.142. The van der Waals surface area contributed by atoms with Gasteiger partial charge in [0, 0.05) is 21.6 Å². The second kappa shape index (κ2) is 10.5. The van der Waals surface area contributed by atoms with Crippen LogP contribution in [0.2, 0.25) is 10.0 Å². The summed E-state index contributed by atoms with van der Waals surface area (Å²) in [6.07, 6.45) is 0. The fraction of sp³-hybridized carbons (Fsp3) is 0.364. The van der Waals surface area contributed by atoms with Crippen LogP contribution >= 0.6 is 39.1 Å². The lowest BCUT2D eigenvalue weighted by atomic mass is 10.1. The molecule has 0 heterocycles. The summed E-state index contributed by atoms with van der Waals surface area (Å²) < 4.78 is 6.50. The van der Waals surface area contributed by atoms with Crippen LogP contribution in [0.3, 0.4) is 0 Å². The third kappa shape index (κ3) is 7.49. The molecule has 0 saturated carbocycles. The van der Waals surface area contributed by atoms with Crippen molar-refractivity contribution in [2.45, 2.75) is 45.8 Å². The molecule has 0 radical (unpaired) electrons. The maximum atomic E-state index is 13.0. The van der Waals surface area contributed by atoms with Crippen LogP contribution in [-0.4, -0.2) is 34.9 Å². The van der Waals surface area contributed by atoms with E-state index in [-0.39, 0.29) is 25.0 Å². The average molecular weight is 516 g/mol. The third-order valence-electron chi connectivity index (χ3n) is 4.15. The van der Waals surface area contributed by atoms with Crippen molar-refractivity contribution in [1.29, 1.82) is 0 Å². The SMILES string of the molecule is CC(C(=O)NC(C)(C)C)N(Cc1cccc(Br)c1)C(=O)COc1ccc(Cl)cc1Cl. The summed E-state index contributed by atoms with van der Waals surface area (Å²) in [4.78, 5) is 27.3. The monoisotopic (exact) mass is 514 g/mol. The molecule has 2 amide bonds. The minimum atomic E-state index is -0.694. The van der Waals surface area contributed by atoms with Crippen LogP contribution in [0, 0.1) is 0 Å². The van der Waals surface area contributed by atoms with Crippen LogP contribution in [0.1, 0.15) is 33.3 Å². The Morgan fingerprint density at radius 3 is 2.47 bits per heavy atom. The molecule has 0 aliphatic heterocycles. The topological polar surface area (TPSA) is 58.6 Å². The fourth-order valence-electron chi connectivity index (χ4n) is 2.70. The number of ether oxygens (including phenoxy) is 1. The number of halogens is 3. The van der Waals surface area contributed by atoms with Gasteiger partial charge < -0.3 is 15.0 Å². The summed E-state index contributed by atoms with van der Waals surface area (Å²) in [5.74, 6) is -0.225. The van der Waals surface area contributed by atoms with E-state index >= 15 is 0 Å². The highest BCUT2D eigenvalue weighted by Crippen LogP contribution is 2.27. The molecular formula is C22H25BrCl2N2O3. The van der Waals surface area contributed by atoms with E-state index < -0.39 is 11.6 Å². The quantitative estimate of drug-likeness (QED) is 0.532. The first kappa shape index (κ1) is 24.5. The molecule has 0 aliphatic carbocycles. The van der Waals surface area contributed by atoms with Gasteiger partial charge >= 0.3 is 0 Å². The molecule has 1 unspecified atom stereocenters. The molecule has 2 aromatic carbocycles. The normalized spacial score (nSPS) is 12.2. The highest BCUT2D eigenvalue weighted by atomic mass is 79.9. The van der Waals surface area contributed by atoms with E-state index in [1.165, 1.54) is 4.90 Å². The molecule has 5 nitrogen and oxygen atoms in total. The molecule has 30 heavy (non-hydrogen) atoms. The number of carbonyl (C=O) groups excluding carboxylic acids is 2. The van der Waals surface area contributed by atoms with E-state index in [2.05, 4.69) is 21.2 Å². The Balaban J connectivity index is 2.20. The first-order chi connectivity index (χ1) is 14.0. The Kier molecular flexibility index (Phi) is 8.59. The van der Waals surface area contributed by atoms with Gasteiger partial charge in [-0.1, -0.05) is 51.3 Å². The van der Waals surface area contributed by atoms with Crippen LogP contribution in [0.5, 0.6) is 5.75 Å². The fourth-order valence-corrected chi connectivity index (χ4v) is 3.61. The van der Waals surface area contributed by atoms with E-state index in [9.17, 15) is 9.59 Å². The first-order valence-corrected chi connectivity index (χ1v) is 10.9. The van der Waals surface area contributed by atoms with Crippen LogP contribution in [0.25, 0.3) is 0 Å². The molecule has 1 N–H and O–H groups in total. The maximum Gasteiger partial charge on any atom is 0.261 e. The Bertz CT molecular complexity index is 915. The number of nitrogens with one attached hydrogen (secondary N) is 1. The number of amides is 2. The predicted octanol–water partition coefficient (Wildman–Crippen LogP) is 5.47. The number of hydrogen-bond donors (Lipinski definition) is 1. The Morgan fingerprint density at radius 1 is 1.17 bits per heavy atom. The van der Waals surface area contributed by atoms with Crippen molar-refractivity contribution in [2.75, 3.05) is 6.61 Å². The molecular weight excluding hydrogens is 491 g/mol. The molecule has 162 valence electrons. The summed E-state index contributed by atoms with van der Waals surface area (Å²) in [6, 6.07) is 11.7. The van der Waals surface area contributed by atoms with Crippen molar-refractivity contribution >= 4 is 50.9 Å². The lowest BCUT2D eigenvalue weighted by Crippen LogP contribution is -2.53. The number of hydrogen-bond acceptors (Lipinski definition) is 3. The molecule has 0 saturated heterocycles. The van der Waals surface area contributed by atoms with Crippen molar-refractivity contribution < 1.29 is 14.3 Å². The van der Waals surface area contributed by atoms with Gasteiger partial charge in [-0.25, -0.2) is 0 Å². The van der Waals surface area contributed by atoms with Crippen LogP contribution in [0.4, 0.5) is 0 Å². The van der Waals surface area contributed by atoms with Crippen LogP contribution in [0.15, 0.2) is 46.9 Å². The highest BCUT2D eigenvalue weighted by molar-refractivity contribution is 9.10. The third-order valence-corrected chi connectivity index (χ3v) is 5.18. The minimum absolute atomic E-state index is 0.240. The molecule has 0 fully saturated rings. The van der Waals surface area contributed by atoms with Crippen LogP contribution < -0.4 is 10.1 Å². The van der Waals surface area contributed by atoms with Gasteiger partial charge in [-0.3, -0.25) is 9.59 Å². The summed E-state index contributed by atoms with van der Waals surface area (Å²) in [5, 5.41) is 3.71. The van der Waals surface area contributed by atoms with Crippen molar-refractivity contribution in [3.8, 4) is 5.75 Å². The molecule has 1 atom stereocenters. The molecule has 2 aromatic rings. The van der Waals surface area contributed by atoms with Crippen molar-refractivity contribution in [3.05, 3.63) is 62.5 Å². The number of benzene rings is 2. The Hall–Kier alpha value is -1.76. The second-order valence-corrected chi connectivity index (χ2v) is 9.69. The van der Waals surface area contributed by atoms with Gasteiger partial charge in [0.25, 0.3) is 5.91 Å². The van der Waals surface area contributed by atoms with Gasteiger partial charge in [-0.15, -0.1) is 0 Å². The van der Waals surface area contributed by atoms with Gasteiger partial charge in [-0.2, -0.15) is 0 Å². The lowest BCUT2D eigenvalue weighted by Gasteiger charge is -2.31. The summed E-state index contributed by atoms with van der Waals surface area (Å²) in [7, 11) is 0. The zero-order chi connectivity index (χ0) is 22.5. The number of rotatable bonds is 7. The molecule has 2 rings (SSSR count). The van der Waals surface area contributed by atoms with E-state index in [0.717, 1.165) is 10.0 Å². The smallest absolute Gasteiger partial charge is 0.261 e. The standard InChI is InChI=1S/C22H25BrCl2N2O3/c1-14(21(29)26-22(2,3)4)27(12-15-6-5-7-16(23)10-15)20(28)13-30-19-9-8-17(24)11-18(19)25/h5-11,14H,12-13H2,1-4H3,(H,26,29). The van der Waals surface area contributed by atoms with Gasteiger partial charge in [-0.05, 0) is 63.6 Å². The maximum absolute atomic E-state index is 13.0. The first-order valence-electron chi connectivity index (χ1n) is 9.40. The average Bonchev–Trinajstić information content (AvgIpc) is 2.63.